The Kier molecular flexibility index (Phi) is 11.2. The van der Waals surface area contributed by atoms with Crippen molar-refractivity contribution in [2.75, 3.05) is 29.9 Å². The van der Waals surface area contributed by atoms with Gasteiger partial charge in [0.1, 0.15) is 5.69 Å². The second-order valence-electron chi connectivity index (χ2n) is 7.54. The maximum Gasteiger partial charge on any atom is 0.349 e. The predicted molar refractivity (Wildman–Crippen MR) is 142 cm³/mol. The first-order chi connectivity index (χ1) is 18.5. The molecular weight excluding hydrogens is 584 g/mol. The molecule has 206 valence electrons. The lowest BCUT2D eigenvalue weighted by atomic mass is 10.2. The number of hydrogen-bond donors (Lipinski definition) is 1. The summed E-state index contributed by atoms with van der Waals surface area (Å²) >= 11 is 3.06. The van der Waals surface area contributed by atoms with Gasteiger partial charge in [-0.1, -0.05) is 6.58 Å². The number of carbonyl (C=O) groups is 3. The number of nitrogens with one attached hydrogen (secondary N) is 1. The van der Waals surface area contributed by atoms with Gasteiger partial charge in [-0.2, -0.15) is 0 Å². The van der Waals surface area contributed by atoms with E-state index in [1.54, 1.807) is 17.0 Å². The molecule has 0 saturated heterocycles. The number of ether oxygens (including phenoxy) is 2. The van der Waals surface area contributed by atoms with E-state index in [0.29, 0.717) is 12.2 Å². The van der Waals surface area contributed by atoms with Crippen LogP contribution in [-0.2, 0) is 23.9 Å². The van der Waals surface area contributed by atoms with Crippen LogP contribution in [-0.4, -0.2) is 47.4 Å². The molecule has 0 fully saturated rings. The Morgan fingerprint density at radius 1 is 1.13 bits per heavy atom. The van der Waals surface area contributed by atoms with Crippen molar-refractivity contribution in [2.45, 2.75) is 20.3 Å². The van der Waals surface area contributed by atoms with Gasteiger partial charge in [0.15, 0.2) is 12.3 Å². The summed E-state index contributed by atoms with van der Waals surface area (Å²) in [4.78, 5) is 57.8. The average Bonchev–Trinajstić information content (AvgIpc) is 2.87. The lowest BCUT2D eigenvalue weighted by Gasteiger charge is -2.23. The minimum absolute atomic E-state index is 0.0216. The van der Waals surface area contributed by atoms with Crippen molar-refractivity contribution in [1.82, 2.24) is 0 Å². The number of nitrogens with zero attached hydrogens (tertiary/aromatic N) is 5. The van der Waals surface area contributed by atoms with Crippen LogP contribution in [0, 0.1) is 20.2 Å². The lowest BCUT2D eigenvalue weighted by Crippen LogP contribution is -2.27. The zero-order valence-corrected chi connectivity index (χ0v) is 22.4. The summed E-state index contributed by atoms with van der Waals surface area (Å²) in [7, 11) is 0. The quantitative estimate of drug-likeness (QED) is 0.105. The summed E-state index contributed by atoms with van der Waals surface area (Å²) in [5.74, 6) is -1.82. The molecule has 0 aliphatic carbocycles. The van der Waals surface area contributed by atoms with Gasteiger partial charge in [0, 0.05) is 31.8 Å². The van der Waals surface area contributed by atoms with Crippen molar-refractivity contribution in [3.05, 3.63) is 67.9 Å². The first kappa shape index (κ1) is 30.5. The van der Waals surface area contributed by atoms with Crippen LogP contribution in [0.4, 0.5) is 34.1 Å². The second-order valence-corrected chi connectivity index (χ2v) is 8.39. The van der Waals surface area contributed by atoms with Gasteiger partial charge in [-0.05, 0) is 41.1 Å². The van der Waals surface area contributed by atoms with E-state index in [4.69, 9.17) is 4.74 Å². The third-order valence-corrected chi connectivity index (χ3v) is 5.49. The van der Waals surface area contributed by atoms with Crippen molar-refractivity contribution in [2.24, 2.45) is 10.2 Å². The number of esters is 2. The number of rotatable bonds is 13. The molecule has 0 aliphatic rings. The molecule has 0 heterocycles. The zero-order valence-electron chi connectivity index (χ0n) is 20.8. The largest absolute Gasteiger partial charge is 0.454 e. The van der Waals surface area contributed by atoms with E-state index in [-0.39, 0.29) is 34.5 Å². The number of nitro groups is 2. The van der Waals surface area contributed by atoms with E-state index < -0.39 is 45.7 Å². The number of anilines is 2. The van der Waals surface area contributed by atoms with Crippen molar-refractivity contribution >= 4 is 67.9 Å². The van der Waals surface area contributed by atoms with Gasteiger partial charge < -0.3 is 19.7 Å². The van der Waals surface area contributed by atoms with E-state index in [0.717, 1.165) is 18.4 Å². The van der Waals surface area contributed by atoms with Gasteiger partial charge in [0.2, 0.25) is 5.91 Å². The molecule has 15 nitrogen and oxygen atoms in total. The number of nitro benzene ring substituents is 2. The SMILES string of the molecule is C=COC(=O)COC(=O)CCN(CC)c1ccc(N=Nc2c(Br)cc([N+](=O)[O-])cc2[N+](=O)[O-])c(NC(C)=O)c1. The van der Waals surface area contributed by atoms with Gasteiger partial charge in [-0.25, -0.2) is 4.79 Å². The van der Waals surface area contributed by atoms with Crippen LogP contribution in [0.5, 0.6) is 0 Å². The van der Waals surface area contributed by atoms with Crippen LogP contribution in [0.25, 0.3) is 0 Å². The number of amides is 1. The van der Waals surface area contributed by atoms with Gasteiger partial charge >= 0.3 is 17.6 Å². The lowest BCUT2D eigenvalue weighted by molar-refractivity contribution is -0.393. The van der Waals surface area contributed by atoms with Crippen molar-refractivity contribution in [1.29, 1.82) is 0 Å². The summed E-state index contributed by atoms with van der Waals surface area (Å²) in [6.45, 7) is 6.48. The Bertz CT molecular complexity index is 1330. The molecule has 1 amide bonds. The smallest absolute Gasteiger partial charge is 0.349 e. The summed E-state index contributed by atoms with van der Waals surface area (Å²) in [6.07, 6.45) is 0.876. The molecule has 0 radical (unpaired) electrons. The highest BCUT2D eigenvalue weighted by molar-refractivity contribution is 9.10. The van der Waals surface area contributed by atoms with Crippen molar-refractivity contribution in [3.8, 4) is 0 Å². The van der Waals surface area contributed by atoms with Crippen LogP contribution >= 0.6 is 15.9 Å². The molecule has 0 atom stereocenters. The Morgan fingerprint density at radius 2 is 1.85 bits per heavy atom. The van der Waals surface area contributed by atoms with Gasteiger partial charge in [-0.15, -0.1) is 10.2 Å². The van der Waals surface area contributed by atoms with Crippen LogP contribution in [0.15, 0.2) is 57.9 Å². The molecule has 0 spiro atoms. The summed E-state index contributed by atoms with van der Waals surface area (Å²) in [5.41, 5.74) is -0.437. The number of carbonyl (C=O) groups excluding carboxylic acids is 3. The van der Waals surface area contributed by atoms with Gasteiger partial charge in [0.05, 0.1) is 38.8 Å². The fourth-order valence-electron chi connectivity index (χ4n) is 3.15. The number of halogens is 1. The van der Waals surface area contributed by atoms with Gasteiger partial charge in [-0.3, -0.25) is 29.8 Å². The average molecular weight is 607 g/mol. The highest BCUT2D eigenvalue weighted by Crippen LogP contribution is 2.40. The number of non-ortho nitro benzene ring substituents is 1. The second kappa shape index (κ2) is 14.3. The molecule has 0 unspecified atom stereocenters. The van der Waals surface area contributed by atoms with E-state index in [1.165, 1.54) is 13.0 Å². The van der Waals surface area contributed by atoms with E-state index in [9.17, 15) is 34.6 Å². The molecule has 2 aromatic rings. The molecule has 1 N–H and O–H groups in total. The molecule has 0 aliphatic heterocycles. The molecule has 2 aromatic carbocycles. The Labute approximate surface area is 229 Å². The Morgan fingerprint density at radius 3 is 2.44 bits per heavy atom. The molecule has 39 heavy (non-hydrogen) atoms. The van der Waals surface area contributed by atoms with Crippen LogP contribution in [0.3, 0.4) is 0 Å². The zero-order chi connectivity index (χ0) is 29.1. The first-order valence-electron chi connectivity index (χ1n) is 11.1. The maximum absolute atomic E-state index is 12.0. The first-order valence-corrected chi connectivity index (χ1v) is 11.9. The third kappa shape index (κ3) is 8.96. The normalized spacial score (nSPS) is 10.5. The molecule has 0 bridgehead atoms. The topological polar surface area (TPSA) is 196 Å². The van der Waals surface area contributed by atoms with E-state index in [1.807, 2.05) is 6.92 Å². The monoisotopic (exact) mass is 606 g/mol. The number of azo groups is 1. The van der Waals surface area contributed by atoms with E-state index >= 15 is 0 Å². The molecule has 16 heteroatoms. The third-order valence-electron chi connectivity index (χ3n) is 4.88. The minimum Gasteiger partial charge on any atom is -0.454 e. The summed E-state index contributed by atoms with van der Waals surface area (Å²) < 4.78 is 9.31. The van der Waals surface area contributed by atoms with Crippen LogP contribution < -0.4 is 10.2 Å². The highest BCUT2D eigenvalue weighted by Gasteiger charge is 2.23. The number of hydrogen-bond acceptors (Lipinski definition) is 12. The Balaban J connectivity index is 2.31. The predicted octanol–water partition coefficient (Wildman–Crippen LogP) is 5.09. The standard InChI is InChI=1S/C23H23BrN6O9/c1-4-28(9-8-21(32)39-13-22(33)38-5-2)15-6-7-18(19(11-15)25-14(3)31)26-27-23-17(24)10-16(29(34)35)12-20(23)30(36)37/h5-7,10-12H,2,4,8-9,13H2,1,3H3,(H,25,31). The fraction of sp³-hybridized carbons (Fsp3) is 0.261. The fourth-order valence-corrected chi connectivity index (χ4v) is 3.67. The van der Waals surface area contributed by atoms with E-state index in [2.05, 4.69) is 42.8 Å². The minimum atomic E-state index is -0.823. The molecule has 0 aromatic heterocycles. The summed E-state index contributed by atoms with van der Waals surface area (Å²) in [6, 6.07) is 6.54. The van der Waals surface area contributed by atoms with Gasteiger partial charge in [0.25, 0.3) is 5.69 Å². The summed E-state index contributed by atoms with van der Waals surface area (Å²) in [5, 5.41) is 33.1. The molecule has 0 saturated carbocycles. The Hall–Kier alpha value is -4.73. The van der Waals surface area contributed by atoms with Crippen LogP contribution in [0.2, 0.25) is 0 Å². The van der Waals surface area contributed by atoms with Crippen molar-refractivity contribution < 1.29 is 33.7 Å². The van der Waals surface area contributed by atoms with Crippen molar-refractivity contribution in [3.63, 3.8) is 0 Å². The van der Waals surface area contributed by atoms with Crippen LogP contribution in [0.1, 0.15) is 20.3 Å². The molecule has 2 rings (SSSR count). The number of benzene rings is 2. The highest BCUT2D eigenvalue weighted by atomic mass is 79.9. The maximum atomic E-state index is 12.0. The molecular formula is C23H23BrN6O9.